The van der Waals surface area contributed by atoms with Gasteiger partial charge in [-0.25, -0.2) is 4.98 Å². The van der Waals surface area contributed by atoms with Crippen LogP contribution in [0.1, 0.15) is 62.6 Å². The summed E-state index contributed by atoms with van der Waals surface area (Å²) in [6.45, 7) is 8.47. The van der Waals surface area contributed by atoms with E-state index < -0.39 is 0 Å². The SMILES string of the molecule is C=C(Sc1nc(-c2ccc(C(C)N)cc2)cn1C)c1ccc(OC2CCN(C3CCC(O)CC3)CC2)cc1. The fraction of sp³-hybridized carbons (Fsp3) is 0.452. The maximum atomic E-state index is 9.78. The highest BCUT2D eigenvalue weighted by molar-refractivity contribution is 8.08. The van der Waals surface area contributed by atoms with Crippen LogP contribution in [-0.4, -0.2) is 50.9 Å². The molecular weight excluding hydrogens is 492 g/mol. The topological polar surface area (TPSA) is 76.5 Å². The van der Waals surface area contributed by atoms with Crippen molar-refractivity contribution in [2.45, 2.75) is 74.9 Å². The molecule has 1 atom stereocenters. The second-order valence-electron chi connectivity index (χ2n) is 10.8. The van der Waals surface area contributed by atoms with Crippen LogP contribution >= 0.6 is 11.8 Å². The van der Waals surface area contributed by atoms with E-state index in [1.54, 1.807) is 11.8 Å². The summed E-state index contributed by atoms with van der Waals surface area (Å²) < 4.78 is 8.37. The van der Waals surface area contributed by atoms with Gasteiger partial charge in [0.2, 0.25) is 0 Å². The third-order valence-corrected chi connectivity index (χ3v) is 8.96. The number of aromatic nitrogens is 2. The molecule has 0 bridgehead atoms. The lowest BCUT2D eigenvalue weighted by atomic mass is 9.90. The first-order chi connectivity index (χ1) is 18.4. The number of aryl methyl sites for hydroxylation is 1. The van der Waals surface area contributed by atoms with Crippen molar-refractivity contribution in [2.75, 3.05) is 13.1 Å². The Morgan fingerprint density at radius 3 is 2.32 bits per heavy atom. The van der Waals surface area contributed by atoms with Gasteiger partial charge in [-0.15, -0.1) is 0 Å². The first kappa shape index (κ1) is 27.0. The molecule has 2 fully saturated rings. The van der Waals surface area contributed by atoms with Crippen molar-refractivity contribution in [2.24, 2.45) is 12.8 Å². The van der Waals surface area contributed by atoms with Crippen molar-refractivity contribution in [1.29, 1.82) is 0 Å². The second-order valence-corrected chi connectivity index (χ2v) is 11.9. The summed E-state index contributed by atoms with van der Waals surface area (Å²) in [5.74, 6) is 0.917. The molecule has 1 aromatic heterocycles. The lowest BCUT2D eigenvalue weighted by molar-refractivity contribution is 0.0369. The maximum Gasteiger partial charge on any atom is 0.173 e. The van der Waals surface area contributed by atoms with E-state index in [0.717, 1.165) is 89.8 Å². The second kappa shape index (κ2) is 12.1. The van der Waals surface area contributed by atoms with Crippen LogP contribution in [0.3, 0.4) is 0 Å². The Bertz CT molecular complexity index is 1210. The number of likely N-dealkylation sites (tertiary alicyclic amines) is 1. The van der Waals surface area contributed by atoms with E-state index in [9.17, 15) is 5.11 Å². The highest BCUT2D eigenvalue weighted by Gasteiger charge is 2.29. The van der Waals surface area contributed by atoms with Crippen LogP contribution in [0, 0.1) is 0 Å². The van der Waals surface area contributed by atoms with Gasteiger partial charge in [0.15, 0.2) is 5.16 Å². The Hall–Kier alpha value is -2.58. The highest BCUT2D eigenvalue weighted by Crippen LogP contribution is 2.35. The van der Waals surface area contributed by atoms with Crippen molar-refractivity contribution in [3.05, 3.63) is 72.4 Å². The van der Waals surface area contributed by atoms with Gasteiger partial charge < -0.3 is 25.0 Å². The monoisotopic (exact) mass is 532 g/mol. The minimum Gasteiger partial charge on any atom is -0.490 e. The number of ether oxygens (including phenoxy) is 1. The first-order valence-electron chi connectivity index (χ1n) is 13.8. The third-order valence-electron chi connectivity index (χ3n) is 7.92. The molecule has 0 radical (unpaired) electrons. The first-order valence-corrected chi connectivity index (χ1v) is 14.6. The number of aliphatic hydroxyl groups is 1. The van der Waals surface area contributed by atoms with Gasteiger partial charge in [0.25, 0.3) is 0 Å². The molecule has 5 rings (SSSR count). The molecule has 7 heteroatoms. The summed E-state index contributed by atoms with van der Waals surface area (Å²) in [6, 6.07) is 17.2. The summed E-state index contributed by atoms with van der Waals surface area (Å²) in [6.07, 6.45) is 8.47. The molecule has 1 saturated heterocycles. The average Bonchev–Trinajstić information content (AvgIpc) is 3.30. The number of hydrogen-bond acceptors (Lipinski definition) is 6. The molecule has 1 aliphatic carbocycles. The van der Waals surface area contributed by atoms with E-state index in [-0.39, 0.29) is 18.2 Å². The summed E-state index contributed by atoms with van der Waals surface area (Å²) in [4.78, 5) is 8.41. The van der Waals surface area contributed by atoms with Gasteiger partial charge in [-0.2, -0.15) is 0 Å². The number of nitrogens with two attached hydrogens (primary N) is 1. The van der Waals surface area contributed by atoms with Gasteiger partial charge in [0, 0.05) is 48.9 Å². The lowest BCUT2D eigenvalue weighted by Gasteiger charge is -2.40. The van der Waals surface area contributed by atoms with Crippen LogP contribution in [0.25, 0.3) is 16.2 Å². The summed E-state index contributed by atoms with van der Waals surface area (Å²) >= 11 is 1.58. The molecule has 1 saturated carbocycles. The zero-order valence-corrected chi connectivity index (χ0v) is 23.4. The van der Waals surface area contributed by atoms with E-state index >= 15 is 0 Å². The van der Waals surface area contributed by atoms with Crippen LogP contribution < -0.4 is 10.5 Å². The Morgan fingerprint density at radius 1 is 1.03 bits per heavy atom. The number of rotatable bonds is 8. The van der Waals surface area contributed by atoms with Crippen LogP contribution in [0.15, 0.2) is 66.5 Å². The molecule has 3 N–H and O–H groups in total. The van der Waals surface area contributed by atoms with Crippen LogP contribution in [-0.2, 0) is 7.05 Å². The Morgan fingerprint density at radius 2 is 1.68 bits per heavy atom. The normalized spacial score (nSPS) is 21.8. The molecule has 38 heavy (non-hydrogen) atoms. The molecule has 202 valence electrons. The zero-order chi connectivity index (χ0) is 26.6. The minimum atomic E-state index is -0.0884. The molecule has 2 heterocycles. The number of nitrogens with zero attached hydrogens (tertiary/aromatic N) is 3. The van der Waals surface area contributed by atoms with E-state index in [4.69, 9.17) is 15.5 Å². The van der Waals surface area contributed by atoms with Crippen LogP contribution in [0.5, 0.6) is 5.75 Å². The summed E-state index contributed by atoms with van der Waals surface area (Å²) in [5, 5.41) is 10.7. The van der Waals surface area contributed by atoms with Crippen LogP contribution in [0.2, 0.25) is 0 Å². The van der Waals surface area contributed by atoms with Gasteiger partial charge in [-0.05, 0) is 68.7 Å². The molecule has 1 unspecified atom stereocenters. The lowest BCUT2D eigenvalue weighted by Crippen LogP contribution is -2.45. The number of benzene rings is 2. The standard InChI is InChI=1S/C31H40N4O2S/c1-21(32)23-4-6-25(7-5-23)30-20-34(3)31(33-30)38-22(2)24-8-14-28(15-9-24)37-29-16-18-35(19-17-29)26-10-12-27(36)13-11-26/h4-9,14-15,20-21,26-27,29,36H,2,10-13,16-19,32H2,1,3H3. The summed E-state index contributed by atoms with van der Waals surface area (Å²) in [7, 11) is 2.02. The van der Waals surface area contributed by atoms with Gasteiger partial charge in [-0.3, -0.25) is 0 Å². The molecule has 0 spiro atoms. The minimum absolute atomic E-state index is 0.0230. The van der Waals surface area contributed by atoms with E-state index in [0.29, 0.717) is 6.04 Å². The van der Waals surface area contributed by atoms with Gasteiger partial charge in [0.1, 0.15) is 11.9 Å². The molecule has 3 aromatic rings. The summed E-state index contributed by atoms with van der Waals surface area (Å²) in [5.41, 5.74) is 10.2. The van der Waals surface area contributed by atoms with E-state index in [1.165, 1.54) is 0 Å². The van der Waals surface area contributed by atoms with Gasteiger partial charge >= 0.3 is 0 Å². The average molecular weight is 533 g/mol. The van der Waals surface area contributed by atoms with Crippen molar-refractivity contribution in [1.82, 2.24) is 14.5 Å². The van der Waals surface area contributed by atoms with Crippen LogP contribution in [0.4, 0.5) is 0 Å². The number of thioether (sulfide) groups is 1. The molecular formula is C31H40N4O2S. The molecule has 0 amide bonds. The number of hydrogen-bond donors (Lipinski definition) is 2. The largest absolute Gasteiger partial charge is 0.490 e. The third kappa shape index (κ3) is 6.52. The Labute approximate surface area is 230 Å². The van der Waals surface area contributed by atoms with Crippen molar-refractivity contribution >= 4 is 16.7 Å². The smallest absolute Gasteiger partial charge is 0.173 e. The molecule has 6 nitrogen and oxygen atoms in total. The molecule has 2 aliphatic rings. The fourth-order valence-corrected chi connectivity index (χ4v) is 6.32. The fourth-order valence-electron chi connectivity index (χ4n) is 5.50. The van der Waals surface area contributed by atoms with Gasteiger partial charge in [-0.1, -0.05) is 54.7 Å². The maximum absolute atomic E-state index is 9.78. The van der Waals surface area contributed by atoms with Crippen molar-refractivity contribution < 1.29 is 9.84 Å². The Balaban J connectivity index is 1.13. The quantitative estimate of drug-likeness (QED) is 0.346. The Kier molecular flexibility index (Phi) is 8.58. The number of piperidine rings is 1. The highest BCUT2D eigenvalue weighted by atomic mass is 32.2. The zero-order valence-electron chi connectivity index (χ0n) is 22.6. The predicted molar refractivity (Wildman–Crippen MR) is 156 cm³/mol. The van der Waals surface area contributed by atoms with Crippen molar-refractivity contribution in [3.63, 3.8) is 0 Å². The van der Waals surface area contributed by atoms with E-state index in [1.807, 2.05) is 18.5 Å². The van der Waals surface area contributed by atoms with E-state index in [2.05, 4.69) is 66.2 Å². The molecule has 2 aromatic carbocycles. The number of imidazole rings is 1. The van der Waals surface area contributed by atoms with Gasteiger partial charge in [0.05, 0.1) is 11.8 Å². The molecule has 1 aliphatic heterocycles. The van der Waals surface area contributed by atoms with Crippen molar-refractivity contribution in [3.8, 4) is 17.0 Å². The number of aliphatic hydroxyl groups excluding tert-OH is 1. The predicted octanol–water partition coefficient (Wildman–Crippen LogP) is 6.02.